The number of methoxy groups -OCH3 is 2. The van der Waals surface area contributed by atoms with Crippen molar-refractivity contribution in [1.29, 1.82) is 0 Å². The minimum atomic E-state index is -0.686. The molecule has 0 N–H and O–H groups in total. The van der Waals surface area contributed by atoms with E-state index in [1.54, 1.807) is 39.3 Å². The Kier molecular flexibility index (Phi) is 7.27. The summed E-state index contributed by atoms with van der Waals surface area (Å²) in [6.45, 7) is 6.18. The lowest BCUT2D eigenvalue weighted by Gasteiger charge is -2.24. The van der Waals surface area contributed by atoms with Crippen molar-refractivity contribution in [1.82, 2.24) is 4.90 Å². The molecule has 0 saturated carbocycles. The molecule has 2 aromatic carbocycles. The van der Waals surface area contributed by atoms with Gasteiger partial charge in [-0.3, -0.25) is 4.79 Å². The van der Waals surface area contributed by atoms with Crippen LogP contribution in [0.15, 0.2) is 47.0 Å². The zero-order chi connectivity index (χ0) is 20.1. The van der Waals surface area contributed by atoms with Crippen LogP contribution in [0.4, 0.5) is 4.39 Å². The van der Waals surface area contributed by atoms with Crippen molar-refractivity contribution >= 4 is 33.4 Å². The summed E-state index contributed by atoms with van der Waals surface area (Å²) < 4.78 is 25.3. The van der Waals surface area contributed by atoms with Crippen LogP contribution in [0.1, 0.15) is 22.8 Å². The van der Waals surface area contributed by atoms with Crippen LogP contribution in [0.2, 0.25) is 5.02 Å². The lowest BCUT2D eigenvalue weighted by atomic mass is 10.1. The fourth-order valence-corrected chi connectivity index (χ4v) is 3.55. The van der Waals surface area contributed by atoms with E-state index in [2.05, 4.69) is 22.5 Å². The molecule has 0 aromatic heterocycles. The van der Waals surface area contributed by atoms with E-state index in [4.69, 9.17) is 21.1 Å². The van der Waals surface area contributed by atoms with Gasteiger partial charge in [0.1, 0.15) is 17.3 Å². The summed E-state index contributed by atoms with van der Waals surface area (Å²) in [7, 11) is 3.10. The number of ether oxygens (including phenoxy) is 2. The normalized spacial score (nSPS) is 10.4. The van der Waals surface area contributed by atoms with Gasteiger partial charge in [0.2, 0.25) is 0 Å². The third kappa shape index (κ3) is 5.47. The van der Waals surface area contributed by atoms with Crippen LogP contribution >= 0.6 is 27.5 Å². The molecule has 0 atom stereocenters. The Morgan fingerprint density at radius 3 is 2.26 bits per heavy atom. The molecule has 0 unspecified atom stereocenters. The Hall–Kier alpha value is -2.05. The van der Waals surface area contributed by atoms with Gasteiger partial charge in [0.15, 0.2) is 0 Å². The average molecular weight is 457 g/mol. The summed E-state index contributed by atoms with van der Waals surface area (Å²) in [5.41, 5.74) is 1.48. The first-order valence-corrected chi connectivity index (χ1v) is 9.22. The third-order valence-electron chi connectivity index (χ3n) is 3.75. The maximum absolute atomic E-state index is 14.4. The fourth-order valence-electron chi connectivity index (χ4n) is 2.61. The van der Waals surface area contributed by atoms with E-state index in [1.807, 2.05) is 0 Å². The van der Waals surface area contributed by atoms with Gasteiger partial charge in [-0.15, -0.1) is 0 Å². The molecule has 0 heterocycles. The predicted molar refractivity (Wildman–Crippen MR) is 108 cm³/mol. The molecular formula is C20H20BrClFNO3. The summed E-state index contributed by atoms with van der Waals surface area (Å²) in [6, 6.07) is 7.95. The zero-order valence-corrected chi connectivity index (χ0v) is 17.7. The van der Waals surface area contributed by atoms with Crippen molar-refractivity contribution in [3.63, 3.8) is 0 Å². The van der Waals surface area contributed by atoms with Gasteiger partial charge < -0.3 is 14.4 Å². The average Bonchev–Trinajstić information content (AvgIpc) is 2.59. The van der Waals surface area contributed by atoms with Gasteiger partial charge in [0.05, 0.1) is 19.8 Å². The summed E-state index contributed by atoms with van der Waals surface area (Å²) >= 11 is 9.08. The Balaban J connectivity index is 2.42. The summed E-state index contributed by atoms with van der Waals surface area (Å²) in [5, 5.41) is 0.208. The van der Waals surface area contributed by atoms with E-state index in [1.165, 1.54) is 11.0 Å². The predicted octanol–water partition coefficient (Wildman–Crippen LogP) is 5.48. The van der Waals surface area contributed by atoms with E-state index in [9.17, 15) is 9.18 Å². The van der Waals surface area contributed by atoms with Crippen LogP contribution in [-0.4, -0.2) is 31.6 Å². The fraction of sp³-hybridized carbons (Fsp3) is 0.250. The van der Waals surface area contributed by atoms with E-state index >= 15 is 0 Å². The van der Waals surface area contributed by atoms with Gasteiger partial charge in [-0.25, -0.2) is 4.39 Å². The highest BCUT2D eigenvalue weighted by Crippen LogP contribution is 2.28. The second kappa shape index (κ2) is 9.24. The van der Waals surface area contributed by atoms with E-state index in [0.29, 0.717) is 16.0 Å². The zero-order valence-electron chi connectivity index (χ0n) is 15.3. The standard InChI is InChI=1S/C20H20BrClFNO3/c1-12(2)10-24(11-13-5-15(26-3)9-16(6-13)27-4)20(25)19-17(21)7-14(22)8-18(19)23/h5-9H,1,10-11H2,2-4H3. The maximum atomic E-state index is 14.4. The van der Waals surface area contributed by atoms with Gasteiger partial charge in [-0.1, -0.05) is 23.8 Å². The molecule has 0 spiro atoms. The first kappa shape index (κ1) is 21.3. The molecule has 0 radical (unpaired) electrons. The van der Waals surface area contributed by atoms with Gasteiger partial charge in [0.25, 0.3) is 5.91 Å². The molecule has 0 bridgehead atoms. The second-order valence-electron chi connectivity index (χ2n) is 6.08. The van der Waals surface area contributed by atoms with E-state index < -0.39 is 11.7 Å². The van der Waals surface area contributed by atoms with Gasteiger partial charge in [-0.05, 0) is 52.7 Å². The summed E-state index contributed by atoms with van der Waals surface area (Å²) in [5.74, 6) is 0.0481. The minimum absolute atomic E-state index is 0.0736. The van der Waals surface area contributed by atoms with Gasteiger partial charge in [0, 0.05) is 28.7 Å². The Labute approximate surface area is 171 Å². The molecule has 2 aromatic rings. The number of nitrogens with zero attached hydrogens (tertiary/aromatic N) is 1. The monoisotopic (exact) mass is 455 g/mol. The number of benzene rings is 2. The molecule has 27 heavy (non-hydrogen) atoms. The van der Waals surface area contributed by atoms with Crippen LogP contribution in [-0.2, 0) is 6.54 Å². The molecule has 1 amide bonds. The van der Waals surface area contributed by atoms with Gasteiger partial charge in [-0.2, -0.15) is 0 Å². The topological polar surface area (TPSA) is 38.8 Å². The third-order valence-corrected chi connectivity index (χ3v) is 4.60. The van der Waals surface area contributed by atoms with Crippen molar-refractivity contribution in [3.05, 3.63) is 68.9 Å². The number of rotatable bonds is 7. The van der Waals surface area contributed by atoms with Crippen molar-refractivity contribution in [2.45, 2.75) is 13.5 Å². The molecule has 0 saturated heterocycles. The number of carbonyl (C=O) groups excluding carboxylic acids is 1. The molecule has 7 heteroatoms. The number of carbonyl (C=O) groups is 1. The van der Waals surface area contributed by atoms with Crippen molar-refractivity contribution in [2.75, 3.05) is 20.8 Å². The summed E-state index contributed by atoms with van der Waals surface area (Å²) in [4.78, 5) is 14.6. The van der Waals surface area contributed by atoms with Crippen LogP contribution in [0, 0.1) is 5.82 Å². The minimum Gasteiger partial charge on any atom is -0.497 e. The quantitative estimate of drug-likeness (QED) is 0.518. The van der Waals surface area contributed by atoms with Gasteiger partial charge >= 0.3 is 0 Å². The lowest BCUT2D eigenvalue weighted by molar-refractivity contribution is 0.0752. The highest BCUT2D eigenvalue weighted by atomic mass is 79.9. The molecule has 0 aliphatic heterocycles. The van der Waals surface area contributed by atoms with Crippen LogP contribution < -0.4 is 9.47 Å². The molecular weight excluding hydrogens is 437 g/mol. The Morgan fingerprint density at radius 1 is 1.19 bits per heavy atom. The SMILES string of the molecule is C=C(C)CN(Cc1cc(OC)cc(OC)c1)C(=O)c1c(F)cc(Cl)cc1Br. The Bertz CT molecular complexity index is 827. The highest BCUT2D eigenvalue weighted by Gasteiger charge is 2.23. The van der Waals surface area contributed by atoms with Crippen molar-refractivity contribution in [3.8, 4) is 11.5 Å². The molecule has 4 nitrogen and oxygen atoms in total. The Morgan fingerprint density at radius 2 is 1.78 bits per heavy atom. The second-order valence-corrected chi connectivity index (χ2v) is 7.37. The number of hydrogen-bond acceptors (Lipinski definition) is 3. The molecule has 2 rings (SSSR count). The largest absolute Gasteiger partial charge is 0.497 e. The first-order chi connectivity index (χ1) is 12.7. The van der Waals surface area contributed by atoms with Crippen LogP contribution in [0.5, 0.6) is 11.5 Å². The molecule has 0 fully saturated rings. The first-order valence-electron chi connectivity index (χ1n) is 8.05. The van der Waals surface area contributed by atoms with E-state index in [0.717, 1.165) is 17.2 Å². The van der Waals surface area contributed by atoms with E-state index in [-0.39, 0.29) is 23.7 Å². The van der Waals surface area contributed by atoms with Crippen molar-refractivity contribution in [2.24, 2.45) is 0 Å². The smallest absolute Gasteiger partial charge is 0.258 e. The number of halogens is 3. The van der Waals surface area contributed by atoms with Crippen molar-refractivity contribution < 1.29 is 18.7 Å². The molecule has 144 valence electrons. The van der Waals surface area contributed by atoms with Crippen LogP contribution in [0.3, 0.4) is 0 Å². The lowest BCUT2D eigenvalue weighted by Crippen LogP contribution is -2.33. The number of hydrogen-bond donors (Lipinski definition) is 0. The summed E-state index contributed by atoms with van der Waals surface area (Å²) in [6.07, 6.45) is 0. The maximum Gasteiger partial charge on any atom is 0.258 e. The number of amides is 1. The van der Waals surface area contributed by atoms with Crippen LogP contribution in [0.25, 0.3) is 0 Å². The molecule has 0 aliphatic rings. The highest BCUT2D eigenvalue weighted by molar-refractivity contribution is 9.10. The molecule has 0 aliphatic carbocycles.